The highest BCUT2D eigenvalue weighted by Gasteiger charge is 2.28. The highest BCUT2D eigenvalue weighted by atomic mass is 15.2. The zero-order chi connectivity index (χ0) is 14.8. The van der Waals surface area contributed by atoms with Gasteiger partial charge in [-0.1, -0.05) is 31.2 Å². The summed E-state index contributed by atoms with van der Waals surface area (Å²) in [7, 11) is 0. The van der Waals surface area contributed by atoms with Gasteiger partial charge in [0.25, 0.3) is 0 Å². The number of fused-ring (bicyclic) bond motifs is 1. The van der Waals surface area contributed by atoms with Crippen molar-refractivity contribution in [3.8, 4) is 6.07 Å². The van der Waals surface area contributed by atoms with Crippen LogP contribution >= 0.6 is 0 Å². The zero-order valence-electron chi connectivity index (χ0n) is 12.4. The van der Waals surface area contributed by atoms with Gasteiger partial charge in [-0.15, -0.1) is 0 Å². The van der Waals surface area contributed by atoms with E-state index >= 15 is 0 Å². The second-order valence-electron chi connectivity index (χ2n) is 5.91. The van der Waals surface area contributed by atoms with Crippen LogP contribution in [0.4, 0.5) is 5.69 Å². The molecule has 2 unspecified atom stereocenters. The first-order valence-electron chi connectivity index (χ1n) is 7.65. The molecule has 0 radical (unpaired) electrons. The van der Waals surface area contributed by atoms with Crippen molar-refractivity contribution in [1.82, 2.24) is 0 Å². The number of nitrogens with zero attached hydrogens (tertiary/aromatic N) is 2. The standard InChI is InChI=1S/C18H21N3/c1-13-5-4-10-21(18(13)12-20)17-9-8-14(11-19)15-6-2-3-7-16(15)17/h2-3,6-9,13,18H,4-5,10,12,20H2,1H3. The Balaban J connectivity index is 2.14. The molecular weight excluding hydrogens is 258 g/mol. The normalized spacial score (nSPS) is 22.2. The lowest BCUT2D eigenvalue weighted by Crippen LogP contribution is -2.48. The van der Waals surface area contributed by atoms with Gasteiger partial charge in [-0.3, -0.25) is 0 Å². The molecule has 0 aromatic heterocycles. The predicted molar refractivity (Wildman–Crippen MR) is 87.2 cm³/mol. The van der Waals surface area contributed by atoms with Crippen molar-refractivity contribution in [2.45, 2.75) is 25.8 Å². The van der Waals surface area contributed by atoms with Crippen molar-refractivity contribution in [3.05, 3.63) is 42.0 Å². The third-order valence-corrected chi connectivity index (χ3v) is 4.69. The van der Waals surface area contributed by atoms with Crippen molar-refractivity contribution in [2.75, 3.05) is 18.0 Å². The van der Waals surface area contributed by atoms with E-state index in [1.54, 1.807) is 0 Å². The van der Waals surface area contributed by atoms with Crippen molar-refractivity contribution in [3.63, 3.8) is 0 Å². The minimum atomic E-state index is 0.384. The Morgan fingerprint density at radius 3 is 2.71 bits per heavy atom. The van der Waals surface area contributed by atoms with Gasteiger partial charge in [0.2, 0.25) is 0 Å². The number of piperidine rings is 1. The minimum absolute atomic E-state index is 0.384. The van der Waals surface area contributed by atoms with E-state index in [1.807, 2.05) is 24.3 Å². The molecule has 1 heterocycles. The van der Waals surface area contributed by atoms with E-state index in [-0.39, 0.29) is 0 Å². The molecular formula is C18H21N3. The molecule has 0 saturated carbocycles. The van der Waals surface area contributed by atoms with E-state index in [0.717, 1.165) is 22.9 Å². The monoisotopic (exact) mass is 279 g/mol. The number of rotatable bonds is 2. The quantitative estimate of drug-likeness (QED) is 0.918. The van der Waals surface area contributed by atoms with Gasteiger partial charge in [0, 0.05) is 35.6 Å². The molecule has 2 atom stereocenters. The van der Waals surface area contributed by atoms with Gasteiger partial charge in [0.1, 0.15) is 0 Å². The molecule has 21 heavy (non-hydrogen) atoms. The van der Waals surface area contributed by atoms with Crippen LogP contribution in [0.1, 0.15) is 25.3 Å². The summed E-state index contributed by atoms with van der Waals surface area (Å²) < 4.78 is 0. The number of anilines is 1. The zero-order valence-corrected chi connectivity index (χ0v) is 12.4. The molecule has 3 heteroatoms. The fourth-order valence-corrected chi connectivity index (χ4v) is 3.54. The van der Waals surface area contributed by atoms with Crippen molar-refractivity contribution in [1.29, 1.82) is 5.26 Å². The van der Waals surface area contributed by atoms with Crippen LogP contribution in [-0.2, 0) is 0 Å². The Morgan fingerprint density at radius 1 is 1.24 bits per heavy atom. The Hall–Kier alpha value is -2.05. The van der Waals surface area contributed by atoms with Crippen molar-refractivity contribution in [2.24, 2.45) is 11.7 Å². The summed E-state index contributed by atoms with van der Waals surface area (Å²) in [5, 5.41) is 11.5. The SMILES string of the molecule is CC1CCCN(c2ccc(C#N)c3ccccc23)C1CN. The van der Waals surface area contributed by atoms with Crippen LogP contribution in [-0.4, -0.2) is 19.1 Å². The van der Waals surface area contributed by atoms with Gasteiger partial charge < -0.3 is 10.6 Å². The highest BCUT2D eigenvalue weighted by Crippen LogP contribution is 2.34. The van der Waals surface area contributed by atoms with Gasteiger partial charge in [-0.2, -0.15) is 5.26 Å². The summed E-state index contributed by atoms with van der Waals surface area (Å²) in [6.45, 7) is 4.01. The van der Waals surface area contributed by atoms with E-state index in [0.29, 0.717) is 18.5 Å². The topological polar surface area (TPSA) is 53.0 Å². The second kappa shape index (κ2) is 5.75. The average molecular weight is 279 g/mol. The number of nitriles is 1. The molecule has 0 aliphatic carbocycles. The molecule has 2 aromatic rings. The largest absolute Gasteiger partial charge is 0.367 e. The summed E-state index contributed by atoms with van der Waals surface area (Å²) in [5.74, 6) is 0.609. The van der Waals surface area contributed by atoms with Crippen LogP contribution in [0.5, 0.6) is 0 Å². The molecule has 1 aliphatic rings. The number of hydrogen-bond donors (Lipinski definition) is 1. The number of benzene rings is 2. The summed E-state index contributed by atoms with van der Waals surface area (Å²) >= 11 is 0. The smallest absolute Gasteiger partial charge is 0.0998 e. The highest BCUT2D eigenvalue weighted by molar-refractivity contribution is 5.98. The maximum absolute atomic E-state index is 9.29. The van der Waals surface area contributed by atoms with Crippen LogP contribution < -0.4 is 10.6 Å². The van der Waals surface area contributed by atoms with E-state index in [1.165, 1.54) is 18.5 Å². The predicted octanol–water partition coefficient (Wildman–Crippen LogP) is 3.28. The molecule has 1 fully saturated rings. The molecule has 3 rings (SSSR count). The molecule has 2 aromatic carbocycles. The van der Waals surface area contributed by atoms with Crippen LogP contribution in [0.25, 0.3) is 10.8 Å². The van der Waals surface area contributed by atoms with Crippen molar-refractivity contribution < 1.29 is 0 Å². The second-order valence-corrected chi connectivity index (χ2v) is 5.91. The summed E-state index contributed by atoms with van der Waals surface area (Å²) in [6, 6.07) is 14.9. The lowest BCUT2D eigenvalue weighted by atomic mass is 9.89. The average Bonchev–Trinajstić information content (AvgIpc) is 2.53. The first-order valence-corrected chi connectivity index (χ1v) is 7.65. The number of hydrogen-bond acceptors (Lipinski definition) is 3. The van der Waals surface area contributed by atoms with Crippen LogP contribution in [0.2, 0.25) is 0 Å². The van der Waals surface area contributed by atoms with E-state index in [9.17, 15) is 5.26 Å². The Morgan fingerprint density at radius 2 is 2.00 bits per heavy atom. The van der Waals surface area contributed by atoms with Gasteiger partial charge >= 0.3 is 0 Å². The fraction of sp³-hybridized carbons (Fsp3) is 0.389. The molecule has 1 aliphatic heterocycles. The Labute approximate surface area is 126 Å². The number of nitrogens with two attached hydrogens (primary N) is 1. The summed E-state index contributed by atoms with van der Waals surface area (Å²) in [6.07, 6.45) is 2.44. The molecule has 2 N–H and O–H groups in total. The third-order valence-electron chi connectivity index (χ3n) is 4.69. The first kappa shape index (κ1) is 13.9. The van der Waals surface area contributed by atoms with Gasteiger partial charge in [-0.05, 0) is 30.9 Å². The molecule has 0 bridgehead atoms. The fourth-order valence-electron chi connectivity index (χ4n) is 3.54. The van der Waals surface area contributed by atoms with E-state index < -0.39 is 0 Å². The lowest BCUT2D eigenvalue weighted by molar-refractivity contribution is 0.350. The summed E-state index contributed by atoms with van der Waals surface area (Å²) in [4.78, 5) is 2.44. The molecule has 1 saturated heterocycles. The van der Waals surface area contributed by atoms with Crippen LogP contribution in [0.3, 0.4) is 0 Å². The molecule has 0 amide bonds. The lowest BCUT2D eigenvalue weighted by Gasteiger charge is -2.41. The van der Waals surface area contributed by atoms with E-state index in [4.69, 9.17) is 5.73 Å². The Kier molecular flexibility index (Phi) is 3.81. The van der Waals surface area contributed by atoms with Crippen LogP contribution in [0.15, 0.2) is 36.4 Å². The van der Waals surface area contributed by atoms with Crippen LogP contribution in [0, 0.1) is 17.2 Å². The Bertz CT molecular complexity index is 686. The van der Waals surface area contributed by atoms with Gasteiger partial charge in [-0.25, -0.2) is 0 Å². The third kappa shape index (κ3) is 2.36. The first-order chi connectivity index (χ1) is 10.3. The maximum Gasteiger partial charge on any atom is 0.0998 e. The molecule has 0 spiro atoms. The molecule has 108 valence electrons. The van der Waals surface area contributed by atoms with Gasteiger partial charge in [0.15, 0.2) is 0 Å². The maximum atomic E-state index is 9.29. The van der Waals surface area contributed by atoms with Gasteiger partial charge in [0.05, 0.1) is 11.6 Å². The van der Waals surface area contributed by atoms with E-state index in [2.05, 4.69) is 30.0 Å². The van der Waals surface area contributed by atoms with Crippen molar-refractivity contribution >= 4 is 16.5 Å². The minimum Gasteiger partial charge on any atom is -0.367 e. The molecule has 3 nitrogen and oxygen atoms in total. The summed E-state index contributed by atoms with van der Waals surface area (Å²) in [5.41, 5.74) is 7.98.